The van der Waals surface area contributed by atoms with Gasteiger partial charge in [-0.3, -0.25) is 0 Å². The molecule has 0 fully saturated rings. The second kappa shape index (κ2) is 5.34. The molecule has 0 heterocycles. The van der Waals surface area contributed by atoms with Gasteiger partial charge in [-0.2, -0.15) is 0 Å². The van der Waals surface area contributed by atoms with E-state index in [9.17, 15) is 0 Å². The summed E-state index contributed by atoms with van der Waals surface area (Å²) in [4.78, 5) is 0. The zero-order chi connectivity index (χ0) is 10.6. The minimum absolute atomic E-state index is 0.127. The summed E-state index contributed by atoms with van der Waals surface area (Å²) in [6, 6.07) is 6.03. The van der Waals surface area contributed by atoms with Crippen molar-refractivity contribution in [1.29, 1.82) is 0 Å². The highest BCUT2D eigenvalue weighted by molar-refractivity contribution is 9.10. The molecule has 14 heavy (non-hydrogen) atoms. The molecule has 0 aliphatic carbocycles. The van der Waals surface area contributed by atoms with E-state index >= 15 is 0 Å². The van der Waals surface area contributed by atoms with Gasteiger partial charge in [-0.1, -0.05) is 15.9 Å². The first kappa shape index (κ1) is 11.5. The molecule has 3 N–H and O–H groups in total. The summed E-state index contributed by atoms with van der Waals surface area (Å²) in [5.41, 5.74) is 6.73. The molecule has 78 valence electrons. The Morgan fingerprint density at radius 1 is 1.57 bits per heavy atom. The van der Waals surface area contributed by atoms with Gasteiger partial charge in [-0.25, -0.2) is 0 Å². The van der Waals surface area contributed by atoms with Gasteiger partial charge in [0.25, 0.3) is 0 Å². The van der Waals surface area contributed by atoms with Gasteiger partial charge in [-0.05, 0) is 25.2 Å². The highest BCUT2D eigenvalue weighted by atomic mass is 79.9. The fourth-order valence-corrected chi connectivity index (χ4v) is 1.76. The molecule has 0 spiro atoms. The van der Waals surface area contributed by atoms with Gasteiger partial charge < -0.3 is 15.8 Å². The molecule has 1 rings (SSSR count). The lowest BCUT2D eigenvalue weighted by Gasteiger charge is -2.17. The monoisotopic (exact) mass is 258 g/mol. The van der Waals surface area contributed by atoms with Gasteiger partial charge in [0, 0.05) is 22.6 Å². The van der Waals surface area contributed by atoms with E-state index in [0.717, 1.165) is 15.8 Å². The molecule has 0 amide bonds. The van der Waals surface area contributed by atoms with Gasteiger partial charge in [-0.15, -0.1) is 0 Å². The van der Waals surface area contributed by atoms with E-state index in [4.69, 9.17) is 10.5 Å². The lowest BCUT2D eigenvalue weighted by molar-refractivity contribution is 0.402. The van der Waals surface area contributed by atoms with E-state index in [-0.39, 0.29) is 6.04 Å². The van der Waals surface area contributed by atoms with E-state index in [1.54, 1.807) is 7.11 Å². The molecule has 0 aliphatic heterocycles. The van der Waals surface area contributed by atoms with Crippen molar-refractivity contribution in [3.8, 4) is 5.75 Å². The van der Waals surface area contributed by atoms with E-state index in [2.05, 4.69) is 21.2 Å². The van der Waals surface area contributed by atoms with Gasteiger partial charge in [0.15, 0.2) is 0 Å². The highest BCUT2D eigenvalue weighted by Crippen LogP contribution is 2.27. The predicted octanol–water partition coefficient (Wildman–Crippen LogP) is 1.68. The molecule has 0 saturated heterocycles. The molecule has 0 aromatic heterocycles. The maximum absolute atomic E-state index is 5.66. The standard InChI is InChI=1S/C10H15BrN2O/c1-13-9(6-12)8-5-7(11)3-4-10(8)14-2/h3-5,9,13H,6,12H2,1-2H3/t9-/m0/s1. The zero-order valence-corrected chi connectivity index (χ0v) is 9.97. The first-order valence-electron chi connectivity index (χ1n) is 4.43. The Morgan fingerprint density at radius 2 is 2.29 bits per heavy atom. The van der Waals surface area contributed by atoms with Crippen molar-refractivity contribution in [2.24, 2.45) is 5.73 Å². The van der Waals surface area contributed by atoms with Crippen LogP contribution in [0.15, 0.2) is 22.7 Å². The Kier molecular flexibility index (Phi) is 4.38. The van der Waals surface area contributed by atoms with Crippen molar-refractivity contribution in [1.82, 2.24) is 5.32 Å². The van der Waals surface area contributed by atoms with Crippen LogP contribution in [0.4, 0.5) is 0 Å². The SMILES string of the molecule is CN[C@@H](CN)c1cc(Br)ccc1OC. The highest BCUT2D eigenvalue weighted by Gasteiger charge is 2.12. The molecule has 1 atom stereocenters. The molecular weight excluding hydrogens is 244 g/mol. The third-order valence-corrected chi connectivity index (χ3v) is 2.64. The minimum atomic E-state index is 0.127. The second-order valence-corrected chi connectivity index (χ2v) is 3.88. The fraction of sp³-hybridized carbons (Fsp3) is 0.400. The van der Waals surface area contributed by atoms with Crippen molar-refractivity contribution in [2.75, 3.05) is 20.7 Å². The molecule has 0 aliphatic rings. The van der Waals surface area contributed by atoms with Crippen LogP contribution in [0.3, 0.4) is 0 Å². The minimum Gasteiger partial charge on any atom is -0.496 e. The number of likely N-dealkylation sites (N-methyl/N-ethyl adjacent to an activating group) is 1. The van der Waals surface area contributed by atoms with E-state index < -0.39 is 0 Å². The van der Waals surface area contributed by atoms with E-state index in [0.29, 0.717) is 6.54 Å². The summed E-state index contributed by atoms with van der Waals surface area (Å²) >= 11 is 3.43. The Morgan fingerprint density at radius 3 is 2.79 bits per heavy atom. The lowest BCUT2D eigenvalue weighted by Crippen LogP contribution is -2.25. The fourth-order valence-electron chi connectivity index (χ4n) is 1.38. The van der Waals surface area contributed by atoms with Gasteiger partial charge >= 0.3 is 0 Å². The maximum Gasteiger partial charge on any atom is 0.123 e. The Balaban J connectivity index is 3.08. The van der Waals surface area contributed by atoms with Crippen LogP contribution in [0.1, 0.15) is 11.6 Å². The summed E-state index contributed by atoms with van der Waals surface area (Å²) in [5.74, 6) is 0.859. The average molecular weight is 259 g/mol. The second-order valence-electron chi connectivity index (χ2n) is 2.96. The summed E-state index contributed by atoms with van der Waals surface area (Å²) in [6.45, 7) is 0.545. The number of hydrogen-bond donors (Lipinski definition) is 2. The summed E-state index contributed by atoms with van der Waals surface area (Å²) in [5, 5.41) is 3.14. The summed E-state index contributed by atoms with van der Waals surface area (Å²) in [7, 11) is 3.55. The van der Waals surface area contributed by atoms with Crippen LogP contribution in [0.2, 0.25) is 0 Å². The largest absolute Gasteiger partial charge is 0.496 e. The number of nitrogens with one attached hydrogen (secondary N) is 1. The maximum atomic E-state index is 5.66. The molecule has 0 bridgehead atoms. The quantitative estimate of drug-likeness (QED) is 0.864. The average Bonchev–Trinajstić information content (AvgIpc) is 2.20. The number of halogens is 1. The number of benzene rings is 1. The van der Waals surface area contributed by atoms with Crippen LogP contribution in [0.25, 0.3) is 0 Å². The van der Waals surface area contributed by atoms with Crippen molar-refractivity contribution < 1.29 is 4.74 Å². The predicted molar refractivity (Wildman–Crippen MR) is 61.5 cm³/mol. The normalized spacial score (nSPS) is 12.6. The molecule has 3 nitrogen and oxygen atoms in total. The number of ether oxygens (including phenoxy) is 1. The number of hydrogen-bond acceptors (Lipinski definition) is 3. The Bertz CT molecular complexity index is 300. The third kappa shape index (κ3) is 2.47. The van der Waals surface area contributed by atoms with Crippen LogP contribution < -0.4 is 15.8 Å². The van der Waals surface area contributed by atoms with Crippen LogP contribution in [0.5, 0.6) is 5.75 Å². The Labute approximate surface area is 92.8 Å². The van der Waals surface area contributed by atoms with E-state index in [1.807, 2.05) is 25.2 Å². The van der Waals surface area contributed by atoms with Crippen LogP contribution in [-0.4, -0.2) is 20.7 Å². The van der Waals surface area contributed by atoms with Gasteiger partial charge in [0.1, 0.15) is 5.75 Å². The van der Waals surface area contributed by atoms with Crippen molar-refractivity contribution in [2.45, 2.75) is 6.04 Å². The van der Waals surface area contributed by atoms with Gasteiger partial charge in [0.2, 0.25) is 0 Å². The molecule has 0 radical (unpaired) electrons. The number of nitrogens with two attached hydrogens (primary N) is 1. The Hall–Kier alpha value is -0.580. The number of methoxy groups -OCH3 is 1. The zero-order valence-electron chi connectivity index (χ0n) is 8.38. The molecular formula is C10H15BrN2O. The first-order chi connectivity index (χ1) is 6.72. The molecule has 1 aromatic rings. The smallest absolute Gasteiger partial charge is 0.123 e. The lowest BCUT2D eigenvalue weighted by atomic mass is 10.1. The van der Waals surface area contributed by atoms with Crippen molar-refractivity contribution >= 4 is 15.9 Å². The molecule has 1 aromatic carbocycles. The van der Waals surface area contributed by atoms with E-state index in [1.165, 1.54) is 0 Å². The van der Waals surface area contributed by atoms with Gasteiger partial charge in [0.05, 0.1) is 7.11 Å². The third-order valence-electron chi connectivity index (χ3n) is 2.15. The summed E-state index contributed by atoms with van der Waals surface area (Å²) < 4.78 is 6.30. The van der Waals surface area contributed by atoms with Crippen molar-refractivity contribution in [3.05, 3.63) is 28.2 Å². The van der Waals surface area contributed by atoms with Crippen LogP contribution >= 0.6 is 15.9 Å². The molecule has 0 unspecified atom stereocenters. The summed E-state index contributed by atoms with van der Waals surface area (Å²) in [6.07, 6.45) is 0. The van der Waals surface area contributed by atoms with Crippen molar-refractivity contribution in [3.63, 3.8) is 0 Å². The van der Waals surface area contributed by atoms with Crippen LogP contribution in [-0.2, 0) is 0 Å². The first-order valence-corrected chi connectivity index (χ1v) is 5.23. The topological polar surface area (TPSA) is 47.3 Å². The van der Waals surface area contributed by atoms with Crippen LogP contribution in [0, 0.1) is 0 Å². The number of rotatable bonds is 4. The molecule has 0 saturated carbocycles. The molecule has 4 heteroatoms.